The largest absolute Gasteiger partial charge is 0.488 e. The van der Waals surface area contributed by atoms with E-state index in [2.05, 4.69) is 11.5 Å². The van der Waals surface area contributed by atoms with E-state index >= 15 is 0 Å². The standard InChI is InChI=1S/C15H21NO3/c1-2-10-18-14-5-3-4-6-15(14)19-13-9-16-7-11-17-12-8-16/h2-6H,1,7-13H2. The summed E-state index contributed by atoms with van der Waals surface area (Å²) in [6.07, 6.45) is 1.73. The fourth-order valence-electron chi connectivity index (χ4n) is 1.95. The molecule has 0 radical (unpaired) electrons. The predicted octanol–water partition coefficient (Wildman–Crippen LogP) is 1.96. The van der Waals surface area contributed by atoms with Gasteiger partial charge in [-0.25, -0.2) is 0 Å². The van der Waals surface area contributed by atoms with Crippen LogP contribution in [0.5, 0.6) is 11.5 Å². The molecule has 1 aliphatic heterocycles. The van der Waals surface area contributed by atoms with Crippen molar-refractivity contribution in [3.8, 4) is 11.5 Å². The van der Waals surface area contributed by atoms with E-state index < -0.39 is 0 Å². The molecule has 2 rings (SSSR count). The molecule has 0 N–H and O–H groups in total. The van der Waals surface area contributed by atoms with Crippen LogP contribution in [0, 0.1) is 0 Å². The van der Waals surface area contributed by atoms with E-state index in [-0.39, 0.29) is 0 Å². The number of rotatable bonds is 7. The van der Waals surface area contributed by atoms with Crippen molar-refractivity contribution in [2.24, 2.45) is 0 Å². The summed E-state index contributed by atoms with van der Waals surface area (Å²) in [5, 5.41) is 0. The molecule has 0 aromatic heterocycles. The van der Waals surface area contributed by atoms with Gasteiger partial charge in [-0.1, -0.05) is 24.8 Å². The Balaban J connectivity index is 1.79. The van der Waals surface area contributed by atoms with Gasteiger partial charge in [0, 0.05) is 19.6 Å². The van der Waals surface area contributed by atoms with Crippen LogP contribution in [0.25, 0.3) is 0 Å². The van der Waals surface area contributed by atoms with Crippen LogP contribution in [-0.2, 0) is 4.74 Å². The van der Waals surface area contributed by atoms with E-state index in [9.17, 15) is 0 Å². The molecule has 1 heterocycles. The molecule has 0 aliphatic carbocycles. The fraction of sp³-hybridized carbons (Fsp3) is 0.467. The van der Waals surface area contributed by atoms with Crippen LogP contribution in [0.4, 0.5) is 0 Å². The highest BCUT2D eigenvalue weighted by molar-refractivity contribution is 5.39. The molecule has 1 aliphatic rings. The molecule has 1 saturated heterocycles. The van der Waals surface area contributed by atoms with Gasteiger partial charge in [-0.15, -0.1) is 0 Å². The average molecular weight is 263 g/mol. The lowest BCUT2D eigenvalue weighted by Crippen LogP contribution is -2.38. The lowest BCUT2D eigenvalue weighted by Gasteiger charge is -2.26. The second-order valence-electron chi connectivity index (χ2n) is 4.35. The van der Waals surface area contributed by atoms with Gasteiger partial charge in [0.15, 0.2) is 11.5 Å². The molecule has 1 aromatic carbocycles. The number of para-hydroxylation sites is 2. The Labute approximate surface area is 114 Å². The van der Waals surface area contributed by atoms with Crippen LogP contribution in [-0.4, -0.2) is 51.0 Å². The van der Waals surface area contributed by atoms with Crippen LogP contribution in [0.15, 0.2) is 36.9 Å². The highest BCUT2D eigenvalue weighted by atomic mass is 16.5. The number of morpholine rings is 1. The van der Waals surface area contributed by atoms with Crippen molar-refractivity contribution in [3.63, 3.8) is 0 Å². The van der Waals surface area contributed by atoms with Crippen molar-refractivity contribution in [2.75, 3.05) is 46.1 Å². The van der Waals surface area contributed by atoms with E-state index in [0.717, 1.165) is 44.3 Å². The van der Waals surface area contributed by atoms with Crippen LogP contribution < -0.4 is 9.47 Å². The fourth-order valence-corrected chi connectivity index (χ4v) is 1.95. The summed E-state index contributed by atoms with van der Waals surface area (Å²) in [4.78, 5) is 2.34. The number of hydrogen-bond acceptors (Lipinski definition) is 4. The molecule has 4 nitrogen and oxygen atoms in total. The predicted molar refractivity (Wildman–Crippen MR) is 74.9 cm³/mol. The van der Waals surface area contributed by atoms with Gasteiger partial charge in [0.2, 0.25) is 0 Å². The third-order valence-corrected chi connectivity index (χ3v) is 2.97. The highest BCUT2D eigenvalue weighted by Crippen LogP contribution is 2.26. The maximum atomic E-state index is 5.80. The molecule has 19 heavy (non-hydrogen) atoms. The van der Waals surface area contributed by atoms with E-state index in [1.54, 1.807) is 6.08 Å². The zero-order valence-corrected chi connectivity index (χ0v) is 11.2. The zero-order chi connectivity index (χ0) is 13.3. The first-order valence-electron chi connectivity index (χ1n) is 6.66. The summed E-state index contributed by atoms with van der Waals surface area (Å²) in [5.41, 5.74) is 0. The third kappa shape index (κ3) is 4.58. The zero-order valence-electron chi connectivity index (χ0n) is 11.2. The van der Waals surface area contributed by atoms with Crippen molar-refractivity contribution in [2.45, 2.75) is 0 Å². The SMILES string of the molecule is C=CCOc1ccccc1OCCN1CCOCC1. The molecule has 0 bridgehead atoms. The second kappa shape index (κ2) is 7.81. The maximum absolute atomic E-state index is 5.80. The molecule has 1 fully saturated rings. The third-order valence-electron chi connectivity index (χ3n) is 2.97. The lowest BCUT2D eigenvalue weighted by atomic mass is 10.3. The monoisotopic (exact) mass is 263 g/mol. The summed E-state index contributed by atoms with van der Waals surface area (Å²) in [5.74, 6) is 1.56. The summed E-state index contributed by atoms with van der Waals surface area (Å²) in [7, 11) is 0. The summed E-state index contributed by atoms with van der Waals surface area (Å²) >= 11 is 0. The Bertz CT molecular complexity index is 389. The van der Waals surface area contributed by atoms with Gasteiger partial charge in [0.05, 0.1) is 13.2 Å². The smallest absolute Gasteiger partial charge is 0.161 e. The molecule has 0 amide bonds. The summed E-state index contributed by atoms with van der Waals surface area (Å²) < 4.78 is 16.7. The highest BCUT2D eigenvalue weighted by Gasteiger charge is 2.10. The van der Waals surface area contributed by atoms with Crippen LogP contribution in [0.3, 0.4) is 0 Å². The summed E-state index contributed by atoms with van der Waals surface area (Å²) in [6.45, 7) is 9.32. The van der Waals surface area contributed by atoms with Gasteiger partial charge in [0.1, 0.15) is 13.2 Å². The number of nitrogens with zero attached hydrogens (tertiary/aromatic N) is 1. The van der Waals surface area contributed by atoms with Crippen molar-refractivity contribution in [1.82, 2.24) is 4.90 Å². The van der Waals surface area contributed by atoms with E-state index in [4.69, 9.17) is 14.2 Å². The van der Waals surface area contributed by atoms with E-state index in [1.807, 2.05) is 24.3 Å². The minimum Gasteiger partial charge on any atom is -0.488 e. The number of ether oxygens (including phenoxy) is 3. The minimum absolute atomic E-state index is 0.490. The van der Waals surface area contributed by atoms with Crippen molar-refractivity contribution in [1.29, 1.82) is 0 Å². The van der Waals surface area contributed by atoms with Crippen LogP contribution >= 0.6 is 0 Å². The molecule has 0 spiro atoms. The molecule has 0 saturated carbocycles. The number of hydrogen-bond donors (Lipinski definition) is 0. The summed E-state index contributed by atoms with van der Waals surface area (Å²) in [6, 6.07) is 7.73. The second-order valence-corrected chi connectivity index (χ2v) is 4.35. The molecule has 4 heteroatoms. The Morgan fingerprint density at radius 2 is 1.84 bits per heavy atom. The van der Waals surface area contributed by atoms with Gasteiger partial charge in [-0.2, -0.15) is 0 Å². The van der Waals surface area contributed by atoms with Gasteiger partial charge in [0.25, 0.3) is 0 Å². The maximum Gasteiger partial charge on any atom is 0.161 e. The van der Waals surface area contributed by atoms with Gasteiger partial charge >= 0.3 is 0 Å². The van der Waals surface area contributed by atoms with Crippen molar-refractivity contribution >= 4 is 0 Å². The van der Waals surface area contributed by atoms with Gasteiger partial charge < -0.3 is 14.2 Å². The van der Waals surface area contributed by atoms with Crippen LogP contribution in [0.1, 0.15) is 0 Å². The molecule has 1 aromatic rings. The van der Waals surface area contributed by atoms with Gasteiger partial charge in [-0.3, -0.25) is 4.90 Å². The molecular formula is C15H21NO3. The molecular weight excluding hydrogens is 242 g/mol. The van der Waals surface area contributed by atoms with E-state index in [1.165, 1.54) is 0 Å². The van der Waals surface area contributed by atoms with Crippen LogP contribution in [0.2, 0.25) is 0 Å². The Morgan fingerprint density at radius 1 is 1.16 bits per heavy atom. The van der Waals surface area contributed by atoms with Crippen molar-refractivity contribution < 1.29 is 14.2 Å². The Morgan fingerprint density at radius 3 is 2.53 bits per heavy atom. The first-order valence-corrected chi connectivity index (χ1v) is 6.66. The van der Waals surface area contributed by atoms with Crippen molar-refractivity contribution in [3.05, 3.63) is 36.9 Å². The minimum atomic E-state index is 0.490. The quantitative estimate of drug-likeness (QED) is 0.704. The lowest BCUT2D eigenvalue weighted by molar-refractivity contribution is 0.0321. The van der Waals surface area contributed by atoms with Gasteiger partial charge in [-0.05, 0) is 12.1 Å². The molecule has 104 valence electrons. The molecule has 0 unspecified atom stereocenters. The Kier molecular flexibility index (Phi) is 5.72. The normalized spacial score (nSPS) is 16.0. The molecule has 0 atom stereocenters. The van der Waals surface area contributed by atoms with E-state index in [0.29, 0.717) is 13.2 Å². The Hall–Kier alpha value is -1.52. The number of benzene rings is 1. The first kappa shape index (κ1) is 13.9. The first-order chi connectivity index (χ1) is 9.40. The topological polar surface area (TPSA) is 30.9 Å². The average Bonchev–Trinajstić information content (AvgIpc) is 2.47.